The Bertz CT molecular complexity index is 2200. The highest BCUT2D eigenvalue weighted by Gasteiger charge is 2.46. The van der Waals surface area contributed by atoms with Gasteiger partial charge in [-0.2, -0.15) is 0 Å². The molecule has 0 spiro atoms. The van der Waals surface area contributed by atoms with Crippen LogP contribution in [-0.2, 0) is 5.41 Å². The molecule has 4 nitrogen and oxygen atoms in total. The zero-order chi connectivity index (χ0) is 31.7. The number of nitrogens with zero attached hydrogens (tertiary/aromatic N) is 2. The fourth-order valence-electron chi connectivity index (χ4n) is 8.25. The first kappa shape index (κ1) is 28.0. The molecule has 5 heteroatoms. The van der Waals surface area contributed by atoms with Crippen molar-refractivity contribution in [1.82, 2.24) is 5.32 Å². The van der Waals surface area contributed by atoms with E-state index in [-0.39, 0.29) is 23.3 Å². The number of ether oxygens (including phenoxy) is 1. The third kappa shape index (κ3) is 4.19. The summed E-state index contributed by atoms with van der Waals surface area (Å²) in [4.78, 5) is 10.4. The fraction of sp³-hybridized carbons (Fsp3) is 0.190. The molecule has 0 bridgehead atoms. The van der Waals surface area contributed by atoms with Crippen LogP contribution in [0.1, 0.15) is 72.2 Å². The molecule has 2 aliphatic carbocycles. The van der Waals surface area contributed by atoms with Crippen molar-refractivity contribution in [3.8, 4) is 16.9 Å². The molecule has 0 radical (unpaired) electrons. The van der Waals surface area contributed by atoms with Crippen molar-refractivity contribution in [2.24, 2.45) is 9.98 Å². The summed E-state index contributed by atoms with van der Waals surface area (Å²) in [5, 5.41) is 5.76. The number of hydrogen-bond donors (Lipinski definition) is 1. The summed E-state index contributed by atoms with van der Waals surface area (Å²) >= 11 is 0. The summed E-state index contributed by atoms with van der Waals surface area (Å²) in [6.45, 7) is 4.61. The lowest BCUT2D eigenvalue weighted by Gasteiger charge is -2.30. The normalized spacial score (nSPS) is 21.2. The highest BCUT2D eigenvalue weighted by molar-refractivity contribution is 6.19. The molecule has 0 amide bonds. The maximum absolute atomic E-state index is 14.0. The first-order valence-electron chi connectivity index (χ1n) is 16.6. The molecule has 0 saturated heterocycles. The number of amidine groups is 2. The van der Waals surface area contributed by atoms with Gasteiger partial charge in [0.2, 0.25) is 0 Å². The number of fused-ring (bicyclic) bond motifs is 8. The summed E-state index contributed by atoms with van der Waals surface area (Å²) in [5.74, 6) is 2.35. The van der Waals surface area contributed by atoms with Gasteiger partial charge in [0.05, 0.1) is 0 Å². The van der Waals surface area contributed by atoms with Gasteiger partial charge in [-0.05, 0) is 87.8 Å². The molecular weight excluding hydrogens is 581 g/mol. The van der Waals surface area contributed by atoms with E-state index < -0.39 is 6.17 Å². The molecule has 1 N–H and O–H groups in total. The highest BCUT2D eigenvalue weighted by atomic mass is 19.1. The Morgan fingerprint density at radius 1 is 0.766 bits per heavy atom. The molecule has 2 aliphatic heterocycles. The summed E-state index contributed by atoms with van der Waals surface area (Å²) in [5.41, 5.74) is 9.38. The van der Waals surface area contributed by atoms with Crippen LogP contribution in [0, 0.1) is 5.82 Å². The minimum atomic E-state index is -0.476. The van der Waals surface area contributed by atoms with Crippen LogP contribution in [0.5, 0.6) is 5.75 Å². The van der Waals surface area contributed by atoms with Gasteiger partial charge in [-0.15, -0.1) is 0 Å². The average Bonchev–Trinajstić information content (AvgIpc) is 3.64. The lowest BCUT2D eigenvalue weighted by Crippen LogP contribution is -2.36. The van der Waals surface area contributed by atoms with Crippen LogP contribution in [0.2, 0.25) is 0 Å². The Hall–Kier alpha value is -5.29. The number of hydrogen-bond acceptors (Lipinski definition) is 4. The van der Waals surface area contributed by atoms with Crippen molar-refractivity contribution in [3.05, 3.63) is 161 Å². The van der Waals surface area contributed by atoms with Crippen LogP contribution >= 0.6 is 0 Å². The van der Waals surface area contributed by atoms with Gasteiger partial charge in [0.15, 0.2) is 6.17 Å². The molecule has 0 aromatic heterocycles. The van der Waals surface area contributed by atoms with Gasteiger partial charge in [-0.3, -0.25) is 0 Å². The van der Waals surface area contributed by atoms with Crippen LogP contribution in [0.25, 0.3) is 21.9 Å². The van der Waals surface area contributed by atoms with E-state index in [9.17, 15) is 4.39 Å². The zero-order valence-electron chi connectivity index (χ0n) is 26.4. The Morgan fingerprint density at radius 2 is 1.55 bits per heavy atom. The molecule has 5 aromatic carbocycles. The smallest absolute Gasteiger partial charge is 0.169 e. The maximum Gasteiger partial charge on any atom is 0.169 e. The molecule has 3 atom stereocenters. The summed E-state index contributed by atoms with van der Waals surface area (Å²) in [7, 11) is 0. The van der Waals surface area contributed by atoms with Crippen LogP contribution in [0.4, 0.5) is 4.39 Å². The molecule has 0 fully saturated rings. The minimum Gasteiger partial charge on any atom is -0.485 e. The quantitative estimate of drug-likeness (QED) is 0.214. The van der Waals surface area contributed by atoms with Gasteiger partial charge in [-0.1, -0.05) is 98.8 Å². The van der Waals surface area contributed by atoms with Gasteiger partial charge >= 0.3 is 0 Å². The van der Waals surface area contributed by atoms with Gasteiger partial charge in [0.1, 0.15) is 29.3 Å². The molecule has 47 heavy (non-hydrogen) atoms. The highest BCUT2D eigenvalue weighted by Crippen LogP contribution is 2.59. The van der Waals surface area contributed by atoms with E-state index in [1.807, 2.05) is 0 Å². The van der Waals surface area contributed by atoms with E-state index in [2.05, 4.69) is 116 Å². The predicted molar refractivity (Wildman–Crippen MR) is 188 cm³/mol. The third-order valence-electron chi connectivity index (χ3n) is 10.6. The third-order valence-corrected chi connectivity index (χ3v) is 10.6. The Kier molecular flexibility index (Phi) is 6.33. The first-order valence-corrected chi connectivity index (χ1v) is 16.6. The monoisotopic (exact) mass is 615 g/mol. The van der Waals surface area contributed by atoms with Crippen molar-refractivity contribution in [2.75, 3.05) is 0 Å². The largest absolute Gasteiger partial charge is 0.485 e. The Morgan fingerprint density at radius 3 is 2.40 bits per heavy atom. The van der Waals surface area contributed by atoms with Gasteiger partial charge in [0.25, 0.3) is 0 Å². The molecule has 0 saturated carbocycles. The molecule has 4 aliphatic rings. The summed E-state index contributed by atoms with van der Waals surface area (Å²) < 4.78 is 20.4. The molecule has 3 unspecified atom stereocenters. The lowest BCUT2D eigenvalue weighted by molar-refractivity contribution is 0.269. The van der Waals surface area contributed by atoms with Crippen LogP contribution in [0.15, 0.2) is 131 Å². The van der Waals surface area contributed by atoms with Crippen molar-refractivity contribution in [3.63, 3.8) is 0 Å². The molecule has 9 rings (SSSR count). The van der Waals surface area contributed by atoms with Crippen molar-refractivity contribution >= 4 is 22.4 Å². The fourth-order valence-corrected chi connectivity index (χ4v) is 8.25. The summed E-state index contributed by atoms with van der Waals surface area (Å²) in [6, 6.07) is 32.4. The van der Waals surface area contributed by atoms with E-state index in [4.69, 9.17) is 14.7 Å². The maximum atomic E-state index is 14.0. The van der Waals surface area contributed by atoms with Gasteiger partial charge in [0, 0.05) is 28.0 Å². The molecule has 5 aromatic rings. The second-order valence-electron chi connectivity index (χ2n) is 12.9. The predicted octanol–water partition coefficient (Wildman–Crippen LogP) is 9.53. The van der Waals surface area contributed by atoms with Gasteiger partial charge in [-0.25, -0.2) is 14.4 Å². The van der Waals surface area contributed by atoms with Crippen molar-refractivity contribution in [2.45, 2.75) is 50.3 Å². The average molecular weight is 616 g/mol. The number of rotatable bonds is 5. The molecule has 2 heterocycles. The second kappa shape index (κ2) is 10.6. The van der Waals surface area contributed by atoms with E-state index in [1.54, 1.807) is 12.1 Å². The Labute approximate surface area is 274 Å². The van der Waals surface area contributed by atoms with Crippen molar-refractivity contribution in [1.29, 1.82) is 0 Å². The van der Waals surface area contributed by atoms with Crippen LogP contribution < -0.4 is 10.1 Å². The number of aliphatic imine (C=N–C) groups is 2. The minimum absolute atomic E-state index is 0.0401. The first-order chi connectivity index (χ1) is 23.1. The van der Waals surface area contributed by atoms with Crippen LogP contribution in [-0.4, -0.2) is 17.8 Å². The van der Waals surface area contributed by atoms with Crippen LogP contribution in [0.3, 0.4) is 0 Å². The molecular formula is C42H34FN3O. The summed E-state index contributed by atoms with van der Waals surface area (Å²) in [6.07, 6.45) is 10.2. The number of benzene rings is 5. The number of halogens is 1. The number of allylic oxidation sites excluding steroid dienone is 2. The lowest BCUT2D eigenvalue weighted by atomic mass is 9.73. The van der Waals surface area contributed by atoms with E-state index in [0.717, 1.165) is 51.9 Å². The van der Waals surface area contributed by atoms with E-state index >= 15 is 0 Å². The SMILES string of the molecule is CCC1(CC)c2cc(C3N=C(c4ccc(F)cc4)NC(c4cccc5ccccc45)=N3)ccc2-c2c1ccc1c2C2C=CC=CC2O1. The standard InChI is InChI=1S/C42H34FN3O/c1-3-42(4-2)33-22-23-36-38(32-13-7-8-15-35(32)47-36)37(33)31-21-18-27(24-34(31)42)40-44-39(26-16-19-28(43)20-17-26)45-41(46-40)30-14-9-11-25-10-5-6-12-29(25)30/h5-24,32,35,40H,3-4H2,1-2H3,(H,44,45,46). The van der Waals surface area contributed by atoms with E-state index in [1.165, 1.54) is 39.9 Å². The van der Waals surface area contributed by atoms with Crippen molar-refractivity contribution < 1.29 is 9.13 Å². The van der Waals surface area contributed by atoms with E-state index in [0.29, 0.717) is 5.84 Å². The Balaban J connectivity index is 1.22. The molecule has 230 valence electrons. The zero-order valence-corrected chi connectivity index (χ0v) is 26.4. The topological polar surface area (TPSA) is 46.0 Å². The number of nitrogens with one attached hydrogen (secondary N) is 1. The van der Waals surface area contributed by atoms with Gasteiger partial charge < -0.3 is 10.1 Å². The second-order valence-corrected chi connectivity index (χ2v) is 12.9.